The highest BCUT2D eigenvalue weighted by molar-refractivity contribution is 5.61. The van der Waals surface area contributed by atoms with Gasteiger partial charge in [0.1, 0.15) is 0 Å². The number of piperidine rings is 1. The summed E-state index contributed by atoms with van der Waals surface area (Å²) in [4.78, 5) is 6.24. The van der Waals surface area contributed by atoms with Crippen molar-refractivity contribution in [3.8, 4) is 0 Å². The van der Waals surface area contributed by atoms with Gasteiger partial charge in [0.05, 0.1) is 30.7 Å². The monoisotopic (exact) mass is 381 g/mol. The number of alkyl halides is 3. The first-order valence-electron chi connectivity index (χ1n) is 8.61. The first-order chi connectivity index (χ1) is 13.0. The van der Waals surface area contributed by atoms with Gasteiger partial charge in [0.2, 0.25) is 5.95 Å². The minimum atomic E-state index is -4.46. The molecule has 2 fully saturated rings. The Morgan fingerprint density at radius 2 is 1.78 bits per heavy atom. The van der Waals surface area contributed by atoms with Gasteiger partial charge >= 0.3 is 6.18 Å². The molecule has 7 nitrogen and oxygen atoms in total. The summed E-state index contributed by atoms with van der Waals surface area (Å²) in [5.74, 6) is 0.0357. The number of hydrogen-bond acceptors (Lipinski definition) is 7. The van der Waals surface area contributed by atoms with E-state index in [9.17, 15) is 13.2 Å². The van der Waals surface area contributed by atoms with E-state index in [-0.39, 0.29) is 11.5 Å². The summed E-state index contributed by atoms with van der Waals surface area (Å²) in [6, 6.07) is 5.24. The molecular weight excluding hydrogens is 363 g/mol. The van der Waals surface area contributed by atoms with Gasteiger partial charge in [-0.2, -0.15) is 23.3 Å². The number of aromatic nitrogens is 3. The first-order valence-corrected chi connectivity index (χ1v) is 8.61. The Morgan fingerprint density at radius 3 is 2.48 bits per heavy atom. The third-order valence-corrected chi connectivity index (χ3v) is 4.66. The Balaban J connectivity index is 1.49. The Labute approximate surface area is 153 Å². The molecule has 0 aliphatic carbocycles. The molecule has 0 atom stereocenters. The van der Waals surface area contributed by atoms with E-state index in [1.807, 2.05) is 4.90 Å². The molecule has 3 heterocycles. The zero-order valence-corrected chi connectivity index (χ0v) is 14.4. The molecule has 27 heavy (non-hydrogen) atoms. The number of halogens is 3. The van der Waals surface area contributed by atoms with Crippen LogP contribution in [0.2, 0.25) is 0 Å². The van der Waals surface area contributed by atoms with Crippen molar-refractivity contribution in [1.29, 1.82) is 0 Å². The van der Waals surface area contributed by atoms with Crippen molar-refractivity contribution >= 4 is 17.5 Å². The summed E-state index contributed by atoms with van der Waals surface area (Å²) in [5.41, 5.74) is -0.845. The number of para-hydroxylation sites is 1. The maximum atomic E-state index is 13.1. The van der Waals surface area contributed by atoms with Crippen LogP contribution in [0.25, 0.3) is 0 Å². The molecule has 1 aromatic heterocycles. The maximum absolute atomic E-state index is 13.1. The molecule has 0 saturated carbocycles. The molecule has 2 aliphatic rings. The summed E-state index contributed by atoms with van der Waals surface area (Å²) in [6.07, 6.45) is -1.82. The molecule has 1 spiro atoms. The molecule has 2 saturated heterocycles. The Morgan fingerprint density at radius 1 is 1.07 bits per heavy atom. The van der Waals surface area contributed by atoms with Crippen LogP contribution >= 0.6 is 0 Å². The molecule has 0 amide bonds. The van der Waals surface area contributed by atoms with Gasteiger partial charge < -0.3 is 19.7 Å². The lowest BCUT2D eigenvalue weighted by molar-refractivity contribution is -0.169. The Kier molecular flexibility index (Phi) is 4.60. The second kappa shape index (κ2) is 6.93. The molecule has 0 radical (unpaired) electrons. The van der Waals surface area contributed by atoms with Crippen molar-refractivity contribution in [3.05, 3.63) is 36.0 Å². The molecule has 2 aliphatic heterocycles. The van der Waals surface area contributed by atoms with E-state index >= 15 is 0 Å². The summed E-state index contributed by atoms with van der Waals surface area (Å²) in [5, 5.41) is 10.6. The Hall–Kier alpha value is -2.46. The van der Waals surface area contributed by atoms with Gasteiger partial charge in [-0.3, -0.25) is 0 Å². The average molecular weight is 381 g/mol. The van der Waals surface area contributed by atoms with E-state index in [1.54, 1.807) is 0 Å². The molecule has 144 valence electrons. The van der Waals surface area contributed by atoms with Gasteiger partial charge in [-0.1, -0.05) is 12.1 Å². The normalized spacial score (nSPS) is 19.4. The minimum absolute atomic E-state index is 0.0817. The highest BCUT2D eigenvalue weighted by Gasteiger charge is 2.40. The van der Waals surface area contributed by atoms with E-state index in [0.29, 0.717) is 45.1 Å². The summed E-state index contributed by atoms with van der Waals surface area (Å²) < 4.78 is 50.8. The lowest BCUT2D eigenvalue weighted by Crippen LogP contribution is -2.45. The lowest BCUT2D eigenvalue weighted by atomic mass is 10.0. The summed E-state index contributed by atoms with van der Waals surface area (Å²) in [7, 11) is 0. The molecule has 2 aromatic rings. The fourth-order valence-electron chi connectivity index (χ4n) is 3.30. The molecule has 1 N–H and O–H groups in total. The number of nitrogens with one attached hydrogen (secondary N) is 1. The van der Waals surface area contributed by atoms with Gasteiger partial charge in [-0.25, -0.2) is 0 Å². The molecule has 1 aromatic carbocycles. The van der Waals surface area contributed by atoms with Crippen molar-refractivity contribution in [2.75, 3.05) is 36.5 Å². The topological polar surface area (TPSA) is 72.4 Å². The van der Waals surface area contributed by atoms with Crippen molar-refractivity contribution in [2.45, 2.75) is 24.8 Å². The standard InChI is InChI=1S/C17H18F3N5O2/c18-17(19,20)12-3-1-2-4-13(12)22-14-11-21-24-15(23-14)25-7-5-16(6-8-25)26-9-10-27-16/h1-4,11H,5-10H2,(H,22,23,24). The van der Waals surface area contributed by atoms with Crippen molar-refractivity contribution < 1.29 is 22.6 Å². The van der Waals surface area contributed by atoms with Gasteiger partial charge in [-0.05, 0) is 12.1 Å². The highest BCUT2D eigenvalue weighted by atomic mass is 19.4. The van der Waals surface area contributed by atoms with Crippen LogP contribution in [-0.2, 0) is 15.7 Å². The van der Waals surface area contributed by atoms with Crippen LogP contribution in [0.5, 0.6) is 0 Å². The summed E-state index contributed by atoms with van der Waals surface area (Å²) >= 11 is 0. The fraction of sp³-hybridized carbons (Fsp3) is 0.471. The Bertz CT molecular complexity index is 801. The van der Waals surface area contributed by atoms with Crippen LogP contribution in [0.15, 0.2) is 30.5 Å². The van der Waals surface area contributed by atoms with E-state index in [0.717, 1.165) is 6.07 Å². The number of benzene rings is 1. The van der Waals surface area contributed by atoms with E-state index in [1.165, 1.54) is 24.4 Å². The zero-order valence-electron chi connectivity index (χ0n) is 14.4. The quantitative estimate of drug-likeness (QED) is 0.876. The maximum Gasteiger partial charge on any atom is 0.418 e. The second-order valence-corrected chi connectivity index (χ2v) is 6.40. The molecular formula is C17H18F3N5O2. The zero-order chi connectivity index (χ0) is 18.9. The molecule has 0 unspecified atom stereocenters. The number of rotatable bonds is 3. The second-order valence-electron chi connectivity index (χ2n) is 6.40. The third-order valence-electron chi connectivity index (χ3n) is 4.66. The minimum Gasteiger partial charge on any atom is -0.347 e. The van der Waals surface area contributed by atoms with Crippen molar-refractivity contribution in [1.82, 2.24) is 15.2 Å². The number of anilines is 3. The predicted octanol–water partition coefficient (Wildman–Crippen LogP) is 2.98. The van der Waals surface area contributed by atoms with Crippen LogP contribution in [0.1, 0.15) is 18.4 Å². The van der Waals surface area contributed by atoms with Gasteiger partial charge in [0.25, 0.3) is 0 Å². The van der Waals surface area contributed by atoms with Crippen molar-refractivity contribution in [2.24, 2.45) is 0 Å². The van der Waals surface area contributed by atoms with Crippen LogP contribution in [0, 0.1) is 0 Å². The highest BCUT2D eigenvalue weighted by Crippen LogP contribution is 2.36. The van der Waals surface area contributed by atoms with E-state index in [2.05, 4.69) is 20.5 Å². The SMILES string of the molecule is FC(F)(F)c1ccccc1Nc1cnnc(N2CCC3(CC2)OCCO3)n1. The number of nitrogens with zero attached hydrogens (tertiary/aromatic N) is 4. The van der Waals surface area contributed by atoms with Crippen LogP contribution < -0.4 is 10.2 Å². The average Bonchev–Trinajstić information content (AvgIpc) is 3.10. The van der Waals surface area contributed by atoms with Crippen LogP contribution in [0.3, 0.4) is 0 Å². The summed E-state index contributed by atoms with van der Waals surface area (Å²) in [6.45, 7) is 2.42. The van der Waals surface area contributed by atoms with Crippen LogP contribution in [0.4, 0.5) is 30.6 Å². The first kappa shape index (κ1) is 17.9. The smallest absolute Gasteiger partial charge is 0.347 e. The largest absolute Gasteiger partial charge is 0.418 e. The third kappa shape index (κ3) is 3.81. The molecule has 4 rings (SSSR count). The van der Waals surface area contributed by atoms with E-state index in [4.69, 9.17) is 9.47 Å². The predicted molar refractivity (Wildman–Crippen MR) is 90.6 cm³/mol. The van der Waals surface area contributed by atoms with E-state index < -0.39 is 17.5 Å². The van der Waals surface area contributed by atoms with Gasteiger partial charge in [0, 0.05) is 25.9 Å². The van der Waals surface area contributed by atoms with Gasteiger partial charge in [-0.15, -0.1) is 5.10 Å². The van der Waals surface area contributed by atoms with Gasteiger partial charge in [0.15, 0.2) is 11.6 Å². The fourth-order valence-corrected chi connectivity index (χ4v) is 3.30. The lowest BCUT2D eigenvalue weighted by Gasteiger charge is -2.37. The van der Waals surface area contributed by atoms with Crippen LogP contribution in [-0.4, -0.2) is 47.3 Å². The molecule has 0 bridgehead atoms. The number of ether oxygens (including phenoxy) is 2. The number of hydrogen-bond donors (Lipinski definition) is 1. The molecule has 10 heteroatoms. The van der Waals surface area contributed by atoms with Crippen molar-refractivity contribution in [3.63, 3.8) is 0 Å².